The molecule has 156 valence electrons. The highest BCUT2D eigenvalue weighted by Crippen LogP contribution is 2.22. The van der Waals surface area contributed by atoms with Gasteiger partial charge >= 0.3 is 12.4 Å². The number of ether oxygens (including phenoxy) is 2. The molecule has 0 aliphatic rings. The third kappa shape index (κ3) is 6.51. The summed E-state index contributed by atoms with van der Waals surface area (Å²) >= 11 is 0. The van der Waals surface area contributed by atoms with Crippen LogP contribution in [0, 0.1) is 0 Å². The van der Waals surface area contributed by atoms with Gasteiger partial charge in [-0.25, -0.2) is 10.8 Å². The molecule has 0 radical (unpaired) electrons. The van der Waals surface area contributed by atoms with Crippen LogP contribution in [0.2, 0.25) is 0 Å². The molecule has 2 aromatic carbocycles. The summed E-state index contributed by atoms with van der Waals surface area (Å²) in [7, 11) is 0. The summed E-state index contributed by atoms with van der Waals surface area (Å²) in [5.41, 5.74) is -2.67. The summed E-state index contributed by atoms with van der Waals surface area (Å²) in [6, 6.07) is 10.3. The molecule has 0 aromatic heterocycles. The topological polar surface area (TPSA) is 69.6 Å². The fourth-order valence-electron chi connectivity index (χ4n) is 2.23. The van der Waals surface area contributed by atoms with Gasteiger partial charge in [0.05, 0.1) is 24.3 Å². The van der Waals surface area contributed by atoms with Gasteiger partial charge in [-0.3, -0.25) is 0 Å². The monoisotopic (exact) mass is 420 g/mol. The van der Waals surface area contributed by atoms with Crippen LogP contribution in [-0.4, -0.2) is 37.0 Å². The van der Waals surface area contributed by atoms with Crippen LogP contribution in [0.25, 0.3) is 0 Å². The predicted molar refractivity (Wildman–Crippen MR) is 92.7 cm³/mol. The molecule has 0 amide bonds. The maximum Gasteiger partial charge on any atom is 0.477 e. The van der Waals surface area contributed by atoms with Gasteiger partial charge in [0.1, 0.15) is 11.5 Å². The van der Waals surface area contributed by atoms with Crippen LogP contribution < -0.4 is 20.3 Å². The normalized spacial score (nSPS) is 11.8. The number of hydrogen-bond donors (Lipinski definition) is 2. The maximum atomic E-state index is 12.5. The Labute approximate surface area is 162 Å². The van der Waals surface area contributed by atoms with Crippen molar-refractivity contribution >= 4 is 11.4 Å². The highest BCUT2D eigenvalue weighted by molar-refractivity contribution is 6.00. The summed E-state index contributed by atoms with van der Waals surface area (Å²) < 4.78 is 85.9. The Hall–Kier alpha value is -3.04. The van der Waals surface area contributed by atoms with Gasteiger partial charge < -0.3 is 9.47 Å². The van der Waals surface area contributed by atoms with Crippen LogP contribution in [0.15, 0.2) is 48.5 Å². The van der Waals surface area contributed by atoms with E-state index in [2.05, 4.69) is 0 Å². The highest BCUT2D eigenvalue weighted by atomic mass is 19.4. The van der Waals surface area contributed by atoms with E-state index in [0.29, 0.717) is 17.9 Å². The van der Waals surface area contributed by atoms with Crippen molar-refractivity contribution in [2.75, 3.05) is 13.2 Å². The molecule has 0 spiro atoms. The molecule has 0 unspecified atom stereocenters. The molecule has 0 heterocycles. The number of rotatable bonds is 8. The van der Waals surface area contributed by atoms with Crippen molar-refractivity contribution in [3.8, 4) is 11.5 Å². The van der Waals surface area contributed by atoms with E-state index < -0.39 is 23.8 Å². The van der Waals surface area contributed by atoms with Crippen LogP contribution in [0.5, 0.6) is 11.5 Å². The first-order valence-corrected chi connectivity index (χ1v) is 8.34. The summed E-state index contributed by atoms with van der Waals surface area (Å²) in [6.45, 7) is 0.454. The number of hydrogen-bond acceptors (Lipinski definition) is 2. The molecule has 0 aliphatic heterocycles. The summed E-state index contributed by atoms with van der Waals surface area (Å²) in [4.78, 5) is 0. The van der Waals surface area contributed by atoms with Gasteiger partial charge in [-0.05, 0) is 48.5 Å². The highest BCUT2D eigenvalue weighted by Gasteiger charge is 2.41. The molecule has 2 aromatic rings. The fraction of sp³-hybridized carbons (Fsp3) is 0.263. The van der Waals surface area contributed by atoms with Gasteiger partial charge in [0.15, 0.2) is 0 Å². The Balaban J connectivity index is 1.75. The van der Waals surface area contributed by atoms with Gasteiger partial charge in [0.25, 0.3) is 11.4 Å². The number of alkyl halides is 6. The first kappa shape index (κ1) is 22.3. The molecule has 0 atom stereocenters. The van der Waals surface area contributed by atoms with E-state index in [1.165, 1.54) is 48.5 Å². The minimum atomic E-state index is -4.60. The summed E-state index contributed by atoms with van der Waals surface area (Å²) in [5, 5.41) is 10.1. The van der Waals surface area contributed by atoms with Gasteiger partial charge in [0, 0.05) is 6.42 Å². The average molecular weight is 420 g/mol. The molecule has 0 fully saturated rings. The van der Waals surface area contributed by atoms with Crippen LogP contribution in [0.1, 0.15) is 17.5 Å². The first-order valence-electron chi connectivity index (χ1n) is 8.34. The van der Waals surface area contributed by atoms with E-state index in [9.17, 15) is 26.3 Å². The second-order valence-electron chi connectivity index (χ2n) is 5.92. The molecule has 0 saturated heterocycles. The largest absolute Gasteiger partial charge is 0.493 e. The molecule has 29 heavy (non-hydrogen) atoms. The van der Waals surface area contributed by atoms with Crippen LogP contribution in [-0.2, 0) is 0 Å². The van der Waals surface area contributed by atoms with E-state index >= 15 is 0 Å². The average Bonchev–Trinajstić information content (AvgIpc) is 2.66. The molecule has 4 N–H and O–H groups in total. The fourth-order valence-corrected chi connectivity index (χ4v) is 2.23. The molecule has 0 saturated carbocycles. The summed E-state index contributed by atoms with van der Waals surface area (Å²) in [6.07, 6.45) is -8.76. The molecular formula is C19H18F6N2O2+2. The molecule has 4 nitrogen and oxygen atoms in total. The Morgan fingerprint density at radius 3 is 1.21 bits per heavy atom. The lowest BCUT2D eigenvalue weighted by atomic mass is 10.1. The smallest absolute Gasteiger partial charge is 0.477 e. The van der Waals surface area contributed by atoms with Gasteiger partial charge in [0.2, 0.25) is 0 Å². The standard InChI is InChI=1S/C19H16F6N2O2/c20-18(21,22)16(26)12-2-6-14(7-3-12)28-10-1-11-29-15-8-4-13(5-9-15)17(27)19(23,24)25/h2-9,26-27H,1,10-11H2/p+2. The van der Waals surface area contributed by atoms with E-state index in [1.54, 1.807) is 0 Å². The molecular weight excluding hydrogens is 402 g/mol. The van der Waals surface area contributed by atoms with E-state index in [0.717, 1.165) is 0 Å². The van der Waals surface area contributed by atoms with E-state index in [4.69, 9.17) is 20.3 Å². The molecule has 2 rings (SSSR count). The second-order valence-corrected chi connectivity index (χ2v) is 5.92. The van der Waals surface area contributed by atoms with Crippen LogP contribution in [0.4, 0.5) is 26.3 Å². The third-order valence-electron chi connectivity index (χ3n) is 3.77. The third-order valence-corrected chi connectivity index (χ3v) is 3.77. The van der Waals surface area contributed by atoms with Gasteiger partial charge in [-0.15, -0.1) is 0 Å². The SMILES string of the molecule is [NH2+]=C(c1ccc(OCCCOc2ccc(C(=[NH2+])C(F)(F)F)cc2)cc1)C(F)(F)F. The van der Waals surface area contributed by atoms with Crippen molar-refractivity contribution in [1.29, 1.82) is 0 Å². The van der Waals surface area contributed by atoms with Crippen LogP contribution in [0.3, 0.4) is 0 Å². The van der Waals surface area contributed by atoms with Crippen molar-refractivity contribution in [2.45, 2.75) is 18.8 Å². The summed E-state index contributed by atoms with van der Waals surface area (Å²) in [5.74, 6) is 0.734. The molecule has 0 aliphatic carbocycles. The number of benzene rings is 2. The number of halogens is 6. The lowest BCUT2D eigenvalue weighted by molar-refractivity contribution is -0.166. The lowest BCUT2D eigenvalue weighted by Crippen LogP contribution is -2.49. The number of nitrogens with two attached hydrogens (primary N) is 2. The molecule has 0 bridgehead atoms. The Morgan fingerprint density at radius 2 is 0.931 bits per heavy atom. The predicted octanol–water partition coefficient (Wildman–Crippen LogP) is 1.76. The van der Waals surface area contributed by atoms with Crippen LogP contribution >= 0.6 is 0 Å². The minimum absolute atomic E-state index is 0.153. The Morgan fingerprint density at radius 1 is 0.621 bits per heavy atom. The van der Waals surface area contributed by atoms with Crippen molar-refractivity contribution in [2.24, 2.45) is 0 Å². The van der Waals surface area contributed by atoms with Gasteiger partial charge in [-0.1, -0.05) is 0 Å². The van der Waals surface area contributed by atoms with Crippen molar-refractivity contribution in [1.82, 2.24) is 0 Å². The zero-order chi connectivity index (χ0) is 21.7. The van der Waals surface area contributed by atoms with Crippen molar-refractivity contribution < 1.29 is 46.6 Å². The quantitative estimate of drug-likeness (QED) is 0.388. The maximum absolute atomic E-state index is 12.5. The van der Waals surface area contributed by atoms with Crippen molar-refractivity contribution in [3.05, 3.63) is 59.7 Å². The second kappa shape index (κ2) is 8.97. The van der Waals surface area contributed by atoms with E-state index in [-0.39, 0.29) is 24.3 Å². The lowest BCUT2D eigenvalue weighted by Gasteiger charge is -2.09. The minimum Gasteiger partial charge on any atom is -0.493 e. The zero-order valence-corrected chi connectivity index (χ0v) is 15.0. The van der Waals surface area contributed by atoms with Crippen molar-refractivity contribution in [3.63, 3.8) is 0 Å². The zero-order valence-electron chi connectivity index (χ0n) is 15.0. The Kier molecular flexibility index (Phi) is 6.89. The van der Waals surface area contributed by atoms with E-state index in [1.807, 2.05) is 0 Å². The molecule has 10 heteroatoms. The first-order chi connectivity index (χ1) is 13.5. The Bertz CT molecular complexity index is 771. The van der Waals surface area contributed by atoms with Gasteiger partial charge in [-0.2, -0.15) is 26.3 Å².